The van der Waals surface area contributed by atoms with E-state index in [-0.39, 0.29) is 36.1 Å². The zero-order chi connectivity index (χ0) is 15.4. The first kappa shape index (κ1) is 15.2. The first-order valence-electron chi connectivity index (χ1n) is 6.33. The first-order valence-corrected chi connectivity index (χ1v) is 6.33. The standard InChI is InChI=1S/C12H16N4O5/c13-14-10-5-8(1-2-11(10)16(19)20)12(18)15-3-4-21-7-9(15)6-17/h1-2,5,9,14,17H,3-4,6-7,13H2. The average Bonchev–Trinajstić information content (AvgIpc) is 2.53. The Balaban J connectivity index is 2.28. The first-order chi connectivity index (χ1) is 10.1. The molecule has 1 unspecified atom stereocenters. The predicted octanol–water partition coefficient (Wildman–Crippen LogP) is -0.286. The topological polar surface area (TPSA) is 131 Å². The Hall–Kier alpha value is -2.23. The van der Waals surface area contributed by atoms with E-state index in [9.17, 15) is 20.0 Å². The number of benzene rings is 1. The van der Waals surface area contributed by atoms with Crippen molar-refractivity contribution in [1.29, 1.82) is 0 Å². The highest BCUT2D eigenvalue weighted by Crippen LogP contribution is 2.25. The number of morpholine rings is 1. The zero-order valence-corrected chi connectivity index (χ0v) is 11.2. The van der Waals surface area contributed by atoms with E-state index in [1.165, 1.54) is 23.1 Å². The molecule has 4 N–H and O–H groups in total. The van der Waals surface area contributed by atoms with E-state index in [1.807, 2.05) is 0 Å². The number of rotatable bonds is 4. The number of nitro benzene ring substituents is 1. The van der Waals surface area contributed by atoms with Crippen molar-refractivity contribution in [3.8, 4) is 0 Å². The Bertz CT molecular complexity index is 550. The van der Waals surface area contributed by atoms with E-state index in [0.717, 1.165) is 0 Å². The molecule has 114 valence electrons. The van der Waals surface area contributed by atoms with Gasteiger partial charge >= 0.3 is 0 Å². The lowest BCUT2D eigenvalue weighted by molar-refractivity contribution is -0.384. The van der Waals surface area contributed by atoms with Gasteiger partial charge < -0.3 is 20.2 Å². The molecule has 9 nitrogen and oxygen atoms in total. The van der Waals surface area contributed by atoms with Gasteiger partial charge in [-0.2, -0.15) is 0 Å². The molecule has 0 radical (unpaired) electrons. The molecule has 0 aliphatic carbocycles. The lowest BCUT2D eigenvalue weighted by Crippen LogP contribution is -2.50. The molecule has 1 amide bonds. The molecule has 9 heteroatoms. The molecule has 1 fully saturated rings. The number of nitrogen functional groups attached to an aromatic ring is 1. The number of carbonyl (C=O) groups is 1. The normalized spacial score (nSPS) is 18.4. The molecule has 1 aliphatic heterocycles. The smallest absolute Gasteiger partial charge is 0.293 e. The van der Waals surface area contributed by atoms with Crippen LogP contribution in [0.4, 0.5) is 11.4 Å². The fourth-order valence-corrected chi connectivity index (χ4v) is 2.18. The Morgan fingerprint density at radius 2 is 2.38 bits per heavy atom. The third-order valence-electron chi connectivity index (χ3n) is 3.29. The molecule has 1 aromatic carbocycles. The molecule has 1 aromatic rings. The Morgan fingerprint density at radius 1 is 1.62 bits per heavy atom. The Labute approximate surface area is 120 Å². The van der Waals surface area contributed by atoms with Gasteiger partial charge in [-0.05, 0) is 12.1 Å². The van der Waals surface area contributed by atoms with Gasteiger partial charge in [-0.25, -0.2) is 0 Å². The van der Waals surface area contributed by atoms with Gasteiger partial charge in [0.2, 0.25) is 0 Å². The summed E-state index contributed by atoms with van der Waals surface area (Å²) in [6.07, 6.45) is 0. The number of amides is 1. The van der Waals surface area contributed by atoms with Crippen molar-refractivity contribution in [3.05, 3.63) is 33.9 Å². The predicted molar refractivity (Wildman–Crippen MR) is 73.6 cm³/mol. The third-order valence-corrected chi connectivity index (χ3v) is 3.29. The van der Waals surface area contributed by atoms with Crippen LogP contribution in [0.1, 0.15) is 10.4 Å². The van der Waals surface area contributed by atoms with Crippen molar-refractivity contribution in [2.45, 2.75) is 6.04 Å². The molecule has 1 aliphatic rings. The third kappa shape index (κ3) is 3.10. The summed E-state index contributed by atoms with van der Waals surface area (Å²) in [6.45, 7) is 0.793. The number of nitrogens with zero attached hydrogens (tertiary/aromatic N) is 2. The lowest BCUT2D eigenvalue weighted by Gasteiger charge is -2.34. The fraction of sp³-hybridized carbons (Fsp3) is 0.417. The van der Waals surface area contributed by atoms with Crippen LogP contribution in [0, 0.1) is 10.1 Å². The molecular formula is C12H16N4O5. The summed E-state index contributed by atoms with van der Waals surface area (Å²) in [6, 6.07) is 3.49. The quantitative estimate of drug-likeness (QED) is 0.395. The maximum Gasteiger partial charge on any atom is 0.293 e. The van der Waals surface area contributed by atoms with E-state index in [1.54, 1.807) is 0 Å². The van der Waals surface area contributed by atoms with Crippen LogP contribution in [0.2, 0.25) is 0 Å². The number of nitro groups is 1. The van der Waals surface area contributed by atoms with Crippen LogP contribution in [0.5, 0.6) is 0 Å². The molecule has 1 heterocycles. The van der Waals surface area contributed by atoms with Crippen LogP contribution in [0.15, 0.2) is 18.2 Å². The lowest BCUT2D eigenvalue weighted by atomic mass is 10.1. The number of ether oxygens (including phenoxy) is 1. The molecule has 0 aromatic heterocycles. The second-order valence-corrected chi connectivity index (χ2v) is 4.54. The van der Waals surface area contributed by atoms with Gasteiger partial charge in [-0.15, -0.1) is 0 Å². The number of hydrazine groups is 1. The number of carbonyl (C=O) groups excluding carboxylic acids is 1. The minimum Gasteiger partial charge on any atom is -0.394 e. The van der Waals surface area contributed by atoms with Gasteiger partial charge in [0.15, 0.2) is 0 Å². The number of aliphatic hydroxyl groups is 1. The minimum absolute atomic E-state index is 0.0552. The van der Waals surface area contributed by atoms with Crippen molar-refractivity contribution in [2.24, 2.45) is 5.84 Å². The number of hydrogen-bond acceptors (Lipinski definition) is 7. The van der Waals surface area contributed by atoms with E-state index in [0.29, 0.717) is 13.2 Å². The van der Waals surface area contributed by atoms with Crippen molar-refractivity contribution in [3.63, 3.8) is 0 Å². The molecule has 2 rings (SSSR count). The highest BCUT2D eigenvalue weighted by molar-refractivity contribution is 5.96. The molecule has 1 saturated heterocycles. The number of anilines is 1. The second-order valence-electron chi connectivity index (χ2n) is 4.54. The molecule has 21 heavy (non-hydrogen) atoms. The molecule has 0 saturated carbocycles. The van der Waals surface area contributed by atoms with E-state index >= 15 is 0 Å². The van der Waals surface area contributed by atoms with Gasteiger partial charge in [0.25, 0.3) is 11.6 Å². The summed E-state index contributed by atoms with van der Waals surface area (Å²) in [7, 11) is 0. The van der Waals surface area contributed by atoms with Crippen LogP contribution >= 0.6 is 0 Å². The summed E-state index contributed by atoms with van der Waals surface area (Å²) in [5.74, 6) is 4.92. The summed E-state index contributed by atoms with van der Waals surface area (Å²) in [5.41, 5.74) is 2.31. The van der Waals surface area contributed by atoms with Crippen LogP contribution in [-0.2, 0) is 4.74 Å². The number of aliphatic hydroxyl groups excluding tert-OH is 1. The van der Waals surface area contributed by atoms with Crippen LogP contribution in [0.3, 0.4) is 0 Å². The van der Waals surface area contributed by atoms with Crippen LogP contribution in [0.25, 0.3) is 0 Å². The van der Waals surface area contributed by atoms with Crippen LogP contribution in [-0.4, -0.2) is 53.2 Å². The molecular weight excluding hydrogens is 280 g/mol. The van der Waals surface area contributed by atoms with E-state index in [2.05, 4.69) is 5.43 Å². The monoisotopic (exact) mass is 296 g/mol. The number of hydrogen-bond donors (Lipinski definition) is 3. The van der Waals surface area contributed by atoms with E-state index < -0.39 is 11.0 Å². The summed E-state index contributed by atoms with van der Waals surface area (Å²) in [4.78, 5) is 24.2. The van der Waals surface area contributed by atoms with Crippen molar-refractivity contribution in [1.82, 2.24) is 4.90 Å². The van der Waals surface area contributed by atoms with Gasteiger partial charge in [0.1, 0.15) is 5.69 Å². The summed E-state index contributed by atoms with van der Waals surface area (Å²) < 4.78 is 5.21. The maximum atomic E-state index is 12.4. The fourth-order valence-electron chi connectivity index (χ4n) is 2.18. The second kappa shape index (κ2) is 6.48. The highest BCUT2D eigenvalue weighted by atomic mass is 16.6. The number of nitrogens with one attached hydrogen (secondary N) is 1. The highest BCUT2D eigenvalue weighted by Gasteiger charge is 2.28. The Kier molecular flexibility index (Phi) is 4.68. The van der Waals surface area contributed by atoms with Crippen molar-refractivity contribution < 1.29 is 19.6 Å². The van der Waals surface area contributed by atoms with E-state index in [4.69, 9.17) is 10.6 Å². The minimum atomic E-state index is -0.589. The Morgan fingerprint density at radius 3 is 3.00 bits per heavy atom. The summed E-state index contributed by atoms with van der Waals surface area (Å²) >= 11 is 0. The summed E-state index contributed by atoms with van der Waals surface area (Å²) in [5, 5.41) is 20.1. The molecule has 0 spiro atoms. The molecule has 1 atom stereocenters. The van der Waals surface area contributed by atoms with Gasteiger partial charge in [0, 0.05) is 18.2 Å². The van der Waals surface area contributed by atoms with Gasteiger partial charge in [-0.3, -0.25) is 20.8 Å². The maximum absolute atomic E-state index is 12.4. The van der Waals surface area contributed by atoms with Gasteiger partial charge in [-0.1, -0.05) is 0 Å². The largest absolute Gasteiger partial charge is 0.394 e. The zero-order valence-electron chi connectivity index (χ0n) is 11.2. The van der Waals surface area contributed by atoms with Gasteiger partial charge in [0.05, 0.1) is 30.8 Å². The molecule has 0 bridgehead atoms. The average molecular weight is 296 g/mol. The van der Waals surface area contributed by atoms with Crippen LogP contribution < -0.4 is 11.3 Å². The van der Waals surface area contributed by atoms with Crippen molar-refractivity contribution in [2.75, 3.05) is 31.8 Å². The SMILES string of the molecule is NNc1cc(C(=O)N2CCOCC2CO)ccc1[N+](=O)[O-]. The number of nitrogens with two attached hydrogens (primary N) is 1. The van der Waals surface area contributed by atoms with Crippen molar-refractivity contribution >= 4 is 17.3 Å².